The minimum atomic E-state index is -0.390. The van der Waals surface area contributed by atoms with E-state index in [1.807, 2.05) is 0 Å². The predicted molar refractivity (Wildman–Crippen MR) is 113 cm³/mol. The van der Waals surface area contributed by atoms with Crippen molar-refractivity contribution in [2.75, 3.05) is 39.3 Å². The van der Waals surface area contributed by atoms with Crippen LogP contribution in [0.1, 0.15) is 45.6 Å². The second kappa shape index (κ2) is 8.06. The van der Waals surface area contributed by atoms with Gasteiger partial charge in [-0.05, 0) is 41.6 Å². The monoisotopic (exact) mass is 386 g/mol. The Morgan fingerprint density at radius 3 is 2.39 bits per heavy atom. The first kappa shape index (κ1) is 20.3. The standard InChI is InChI=1S/C24H38N2O2/c1-23(2)20-9-10-24(3,15-20)22(23)28-18-21(27)17-26-13-11-25(12-14-26)16-19-7-5-4-6-8-19/h4-8,20-22,27H,9-18H2,1-3H3/t20-,21-,22-,24-/m1/s1. The lowest BCUT2D eigenvalue weighted by Gasteiger charge is -2.43. The number of ether oxygens (including phenoxy) is 1. The fraction of sp³-hybridized carbons (Fsp3) is 0.750. The van der Waals surface area contributed by atoms with Gasteiger partial charge in [0.1, 0.15) is 0 Å². The summed E-state index contributed by atoms with van der Waals surface area (Å²) in [6, 6.07) is 10.7. The van der Waals surface area contributed by atoms with E-state index in [1.165, 1.54) is 24.8 Å². The molecule has 4 nitrogen and oxygen atoms in total. The average Bonchev–Trinajstić information content (AvgIpc) is 3.15. The van der Waals surface area contributed by atoms with Gasteiger partial charge in [-0.2, -0.15) is 0 Å². The lowest BCUT2D eigenvalue weighted by molar-refractivity contribution is -0.114. The molecule has 0 radical (unpaired) electrons. The Labute approximate surface area is 170 Å². The third-order valence-electron chi connectivity index (χ3n) is 7.78. The summed E-state index contributed by atoms with van der Waals surface area (Å²) in [4.78, 5) is 4.90. The molecule has 2 aliphatic carbocycles. The van der Waals surface area contributed by atoms with Crippen LogP contribution in [0, 0.1) is 16.7 Å². The van der Waals surface area contributed by atoms with Gasteiger partial charge in [-0.15, -0.1) is 0 Å². The van der Waals surface area contributed by atoms with E-state index in [-0.39, 0.29) is 17.6 Å². The molecule has 0 unspecified atom stereocenters. The van der Waals surface area contributed by atoms with Crippen LogP contribution in [0.15, 0.2) is 30.3 Å². The molecule has 1 heterocycles. The van der Waals surface area contributed by atoms with Gasteiger partial charge in [-0.1, -0.05) is 51.1 Å². The molecule has 4 atom stereocenters. The molecule has 1 saturated heterocycles. The maximum atomic E-state index is 10.6. The fourth-order valence-corrected chi connectivity index (χ4v) is 6.20. The average molecular weight is 387 g/mol. The normalized spacial score (nSPS) is 34.0. The first-order chi connectivity index (χ1) is 13.4. The van der Waals surface area contributed by atoms with Gasteiger partial charge in [0.05, 0.1) is 18.8 Å². The number of piperazine rings is 1. The summed E-state index contributed by atoms with van der Waals surface area (Å²) in [6.45, 7) is 13.5. The zero-order valence-electron chi connectivity index (χ0n) is 17.9. The van der Waals surface area contributed by atoms with Gasteiger partial charge < -0.3 is 9.84 Å². The molecular formula is C24H38N2O2. The van der Waals surface area contributed by atoms with E-state index in [1.54, 1.807) is 0 Å². The van der Waals surface area contributed by atoms with Crippen molar-refractivity contribution in [3.63, 3.8) is 0 Å². The highest BCUT2D eigenvalue weighted by Crippen LogP contribution is 2.63. The smallest absolute Gasteiger partial charge is 0.0900 e. The van der Waals surface area contributed by atoms with Crippen LogP contribution < -0.4 is 0 Å². The third kappa shape index (κ3) is 4.16. The molecule has 4 heteroatoms. The SMILES string of the molecule is CC1(C)[C@@H]2CC[C@](C)(C2)[C@@H]1OC[C@H](O)CN1CCN(Cc2ccccc2)CC1. The number of rotatable bonds is 7. The van der Waals surface area contributed by atoms with Crippen LogP contribution in [0.3, 0.4) is 0 Å². The summed E-state index contributed by atoms with van der Waals surface area (Å²) in [5.74, 6) is 0.789. The molecule has 2 saturated carbocycles. The maximum absolute atomic E-state index is 10.6. The molecule has 1 N–H and O–H groups in total. The third-order valence-corrected chi connectivity index (χ3v) is 7.78. The summed E-state index contributed by atoms with van der Waals surface area (Å²) < 4.78 is 6.37. The minimum Gasteiger partial charge on any atom is -0.389 e. The molecule has 1 aliphatic heterocycles. The number of hydrogen-bond acceptors (Lipinski definition) is 4. The van der Waals surface area contributed by atoms with Crippen LogP contribution in [-0.2, 0) is 11.3 Å². The van der Waals surface area contributed by atoms with Crippen molar-refractivity contribution in [2.45, 2.75) is 58.8 Å². The number of aliphatic hydroxyl groups is 1. The van der Waals surface area contributed by atoms with E-state index in [0.717, 1.165) is 45.2 Å². The predicted octanol–water partition coefficient (Wildman–Crippen LogP) is 3.40. The number of benzene rings is 1. The van der Waals surface area contributed by atoms with Gasteiger partial charge in [-0.3, -0.25) is 9.80 Å². The van der Waals surface area contributed by atoms with Crippen molar-refractivity contribution >= 4 is 0 Å². The second-order valence-corrected chi connectivity index (χ2v) is 10.3. The Hall–Kier alpha value is -0.940. The maximum Gasteiger partial charge on any atom is 0.0900 e. The number of hydrogen-bond donors (Lipinski definition) is 1. The quantitative estimate of drug-likeness (QED) is 0.779. The molecule has 3 aliphatic rings. The van der Waals surface area contributed by atoms with Crippen LogP contribution in [0.2, 0.25) is 0 Å². The molecule has 156 valence electrons. The van der Waals surface area contributed by atoms with Gasteiger partial charge in [0.2, 0.25) is 0 Å². The largest absolute Gasteiger partial charge is 0.389 e. The van der Waals surface area contributed by atoms with E-state index < -0.39 is 0 Å². The zero-order valence-corrected chi connectivity index (χ0v) is 17.9. The Morgan fingerprint density at radius 1 is 1.07 bits per heavy atom. The van der Waals surface area contributed by atoms with Crippen molar-refractivity contribution in [1.29, 1.82) is 0 Å². The van der Waals surface area contributed by atoms with E-state index in [9.17, 15) is 5.11 Å². The molecule has 0 aromatic heterocycles. The van der Waals surface area contributed by atoms with Crippen molar-refractivity contribution in [1.82, 2.24) is 9.80 Å². The highest BCUT2D eigenvalue weighted by Gasteiger charge is 2.60. The van der Waals surface area contributed by atoms with Crippen molar-refractivity contribution in [3.05, 3.63) is 35.9 Å². The number of nitrogens with zero attached hydrogens (tertiary/aromatic N) is 2. The molecule has 4 rings (SSSR count). The lowest BCUT2D eigenvalue weighted by Crippen LogP contribution is -2.49. The number of β-amino-alcohol motifs (C(OH)–C–C–N with tert-alkyl or cyclic N) is 1. The highest BCUT2D eigenvalue weighted by molar-refractivity contribution is 5.14. The van der Waals surface area contributed by atoms with Crippen LogP contribution in [-0.4, -0.2) is 66.4 Å². The molecule has 0 amide bonds. The van der Waals surface area contributed by atoms with Crippen LogP contribution in [0.25, 0.3) is 0 Å². The lowest BCUT2D eigenvalue weighted by atomic mass is 9.70. The van der Waals surface area contributed by atoms with Gasteiger partial charge in [0.15, 0.2) is 0 Å². The zero-order chi connectivity index (χ0) is 19.8. The second-order valence-electron chi connectivity index (χ2n) is 10.3. The Morgan fingerprint density at radius 2 is 1.75 bits per heavy atom. The van der Waals surface area contributed by atoms with Crippen LogP contribution in [0.4, 0.5) is 0 Å². The molecule has 0 spiro atoms. The van der Waals surface area contributed by atoms with Crippen LogP contribution in [0.5, 0.6) is 0 Å². The van der Waals surface area contributed by atoms with Gasteiger partial charge >= 0.3 is 0 Å². The molecule has 2 bridgehead atoms. The topological polar surface area (TPSA) is 35.9 Å². The van der Waals surface area contributed by atoms with Crippen molar-refractivity contribution < 1.29 is 9.84 Å². The molecule has 1 aromatic rings. The van der Waals surface area contributed by atoms with Gasteiger partial charge in [-0.25, -0.2) is 0 Å². The number of aliphatic hydroxyl groups excluding tert-OH is 1. The first-order valence-corrected chi connectivity index (χ1v) is 11.2. The molecule has 3 fully saturated rings. The molecular weight excluding hydrogens is 348 g/mol. The van der Waals surface area contributed by atoms with Crippen LogP contribution >= 0.6 is 0 Å². The van der Waals surface area contributed by atoms with E-state index in [2.05, 4.69) is 60.9 Å². The van der Waals surface area contributed by atoms with Gasteiger partial charge in [0, 0.05) is 39.3 Å². The van der Waals surface area contributed by atoms with Gasteiger partial charge in [0.25, 0.3) is 0 Å². The Bertz CT molecular complexity index is 637. The van der Waals surface area contributed by atoms with E-state index in [0.29, 0.717) is 12.0 Å². The summed E-state index contributed by atoms with van der Waals surface area (Å²) in [6.07, 6.45) is 3.82. The molecule has 1 aromatic carbocycles. The van der Waals surface area contributed by atoms with Crippen molar-refractivity contribution in [3.8, 4) is 0 Å². The highest BCUT2D eigenvalue weighted by atomic mass is 16.5. The van der Waals surface area contributed by atoms with E-state index >= 15 is 0 Å². The molecule has 28 heavy (non-hydrogen) atoms. The Balaban J connectivity index is 1.20. The summed E-state index contributed by atoms with van der Waals surface area (Å²) in [5.41, 5.74) is 1.94. The Kier molecular flexibility index (Phi) is 5.85. The number of fused-ring (bicyclic) bond motifs is 2. The summed E-state index contributed by atoms with van der Waals surface area (Å²) in [5, 5.41) is 10.6. The fourth-order valence-electron chi connectivity index (χ4n) is 6.20. The summed E-state index contributed by atoms with van der Waals surface area (Å²) >= 11 is 0. The first-order valence-electron chi connectivity index (χ1n) is 11.2. The van der Waals surface area contributed by atoms with E-state index in [4.69, 9.17) is 4.74 Å². The summed E-state index contributed by atoms with van der Waals surface area (Å²) in [7, 11) is 0. The van der Waals surface area contributed by atoms with Crippen molar-refractivity contribution in [2.24, 2.45) is 16.7 Å². The minimum absolute atomic E-state index is 0.246.